The third-order valence-electron chi connectivity index (χ3n) is 3.08. The fourth-order valence-corrected chi connectivity index (χ4v) is 2.17. The van der Waals surface area contributed by atoms with Gasteiger partial charge in [0.1, 0.15) is 0 Å². The predicted molar refractivity (Wildman–Crippen MR) is 67.5 cm³/mol. The summed E-state index contributed by atoms with van der Waals surface area (Å²) >= 11 is 0. The first-order valence-corrected chi connectivity index (χ1v) is 5.71. The minimum absolute atomic E-state index is 0.470. The first kappa shape index (κ1) is 10.1. The lowest BCUT2D eigenvalue weighted by molar-refractivity contribution is 0.178. The number of aliphatic hydroxyl groups is 1. The molecule has 1 aliphatic rings. The maximum absolute atomic E-state index is 10.2. The Bertz CT molecular complexity index is 617. The summed E-state index contributed by atoms with van der Waals surface area (Å²) in [5.41, 5.74) is 3.98. The Balaban J connectivity index is 2.20. The minimum Gasteiger partial charge on any atom is -0.388 e. The molecule has 0 unspecified atom stereocenters. The molecule has 0 amide bonds. The molecule has 0 aromatic heterocycles. The van der Waals surface area contributed by atoms with Gasteiger partial charge in [-0.15, -0.1) is 0 Å². The van der Waals surface area contributed by atoms with Crippen LogP contribution < -0.4 is 0 Å². The monoisotopic (exact) mass is 220 g/mol. The average molecular weight is 220 g/mol. The van der Waals surface area contributed by atoms with E-state index < -0.39 is 6.10 Å². The number of hydrogen-bond acceptors (Lipinski definition) is 1. The molecular formula is C16H12O. The molecule has 0 aliphatic heterocycles. The molecular weight excluding hydrogens is 208 g/mol. The second kappa shape index (κ2) is 4.08. The normalized spacial score (nSPS) is 16.9. The van der Waals surface area contributed by atoms with Crippen LogP contribution in [0, 0.1) is 11.8 Å². The first-order chi connectivity index (χ1) is 8.34. The van der Waals surface area contributed by atoms with Gasteiger partial charge in [0.25, 0.3) is 0 Å². The van der Waals surface area contributed by atoms with E-state index in [1.54, 1.807) is 0 Å². The van der Waals surface area contributed by atoms with Gasteiger partial charge in [-0.05, 0) is 23.3 Å². The van der Waals surface area contributed by atoms with Gasteiger partial charge in [-0.3, -0.25) is 0 Å². The van der Waals surface area contributed by atoms with Gasteiger partial charge >= 0.3 is 0 Å². The molecule has 0 heterocycles. The topological polar surface area (TPSA) is 20.2 Å². The summed E-state index contributed by atoms with van der Waals surface area (Å²) < 4.78 is 0. The lowest BCUT2D eigenvalue weighted by atomic mass is 9.92. The maximum atomic E-state index is 10.2. The van der Waals surface area contributed by atoms with Crippen molar-refractivity contribution in [3.05, 3.63) is 70.8 Å². The van der Waals surface area contributed by atoms with Crippen LogP contribution in [0.25, 0.3) is 0 Å². The van der Waals surface area contributed by atoms with Crippen LogP contribution in [0.3, 0.4) is 0 Å². The Morgan fingerprint density at radius 1 is 0.882 bits per heavy atom. The van der Waals surface area contributed by atoms with E-state index in [1.165, 1.54) is 0 Å². The van der Waals surface area contributed by atoms with Crippen molar-refractivity contribution in [3.8, 4) is 11.8 Å². The highest BCUT2D eigenvalue weighted by Crippen LogP contribution is 2.24. The van der Waals surface area contributed by atoms with Crippen LogP contribution in [-0.2, 0) is 6.42 Å². The average Bonchev–Trinajstić information content (AvgIpc) is 2.36. The molecule has 3 rings (SSSR count). The quantitative estimate of drug-likeness (QED) is 0.677. The van der Waals surface area contributed by atoms with E-state index in [0.717, 1.165) is 22.3 Å². The number of aliphatic hydroxyl groups excluding tert-OH is 1. The zero-order valence-corrected chi connectivity index (χ0v) is 9.35. The van der Waals surface area contributed by atoms with Crippen molar-refractivity contribution >= 4 is 0 Å². The molecule has 2 aromatic carbocycles. The van der Waals surface area contributed by atoms with Gasteiger partial charge in [-0.2, -0.15) is 0 Å². The molecule has 17 heavy (non-hydrogen) atoms. The van der Waals surface area contributed by atoms with E-state index in [-0.39, 0.29) is 0 Å². The van der Waals surface area contributed by atoms with Crippen LogP contribution >= 0.6 is 0 Å². The molecule has 1 N–H and O–H groups in total. The Labute approximate surface area is 101 Å². The van der Waals surface area contributed by atoms with Crippen LogP contribution in [0.2, 0.25) is 0 Å². The van der Waals surface area contributed by atoms with E-state index in [9.17, 15) is 5.11 Å². The summed E-state index contributed by atoms with van der Waals surface area (Å²) in [5.74, 6) is 6.32. The van der Waals surface area contributed by atoms with Crippen LogP contribution in [0.15, 0.2) is 48.5 Å². The van der Waals surface area contributed by atoms with Crippen molar-refractivity contribution in [2.75, 3.05) is 0 Å². The van der Waals surface area contributed by atoms with Crippen LogP contribution in [-0.4, -0.2) is 5.11 Å². The lowest BCUT2D eigenvalue weighted by Crippen LogP contribution is -2.07. The van der Waals surface area contributed by atoms with E-state index in [4.69, 9.17) is 0 Å². The van der Waals surface area contributed by atoms with Crippen molar-refractivity contribution in [2.45, 2.75) is 12.5 Å². The Morgan fingerprint density at radius 3 is 2.41 bits per heavy atom. The zero-order chi connectivity index (χ0) is 11.7. The standard InChI is InChI=1S/C16H12O/c17-16-11-14-7-2-1-5-12(14)9-10-13-6-3-4-8-15(13)16/h1-8,16-17H,11H2/t16-/m0/s1. The van der Waals surface area contributed by atoms with E-state index in [2.05, 4.69) is 11.8 Å². The second-order valence-corrected chi connectivity index (χ2v) is 4.21. The Hall–Kier alpha value is -2.04. The second-order valence-electron chi connectivity index (χ2n) is 4.21. The van der Waals surface area contributed by atoms with Gasteiger partial charge in [0.2, 0.25) is 0 Å². The molecule has 0 fully saturated rings. The third-order valence-corrected chi connectivity index (χ3v) is 3.08. The molecule has 0 radical (unpaired) electrons. The number of hydrogen-bond donors (Lipinski definition) is 1. The van der Waals surface area contributed by atoms with E-state index in [0.29, 0.717) is 6.42 Å². The van der Waals surface area contributed by atoms with Crippen molar-refractivity contribution in [2.24, 2.45) is 0 Å². The predicted octanol–water partition coefficient (Wildman–Crippen LogP) is 2.68. The van der Waals surface area contributed by atoms with Gasteiger partial charge in [0.15, 0.2) is 0 Å². The molecule has 0 saturated heterocycles. The zero-order valence-electron chi connectivity index (χ0n) is 9.35. The summed E-state index contributed by atoms with van der Waals surface area (Å²) in [6, 6.07) is 15.8. The van der Waals surface area contributed by atoms with E-state index >= 15 is 0 Å². The smallest absolute Gasteiger partial charge is 0.0842 e. The Morgan fingerprint density at radius 2 is 1.53 bits per heavy atom. The van der Waals surface area contributed by atoms with Crippen LogP contribution in [0.1, 0.15) is 28.4 Å². The molecule has 1 atom stereocenters. The van der Waals surface area contributed by atoms with Crippen molar-refractivity contribution in [3.63, 3.8) is 0 Å². The highest BCUT2D eigenvalue weighted by Gasteiger charge is 2.15. The first-order valence-electron chi connectivity index (χ1n) is 5.71. The third kappa shape index (κ3) is 1.84. The van der Waals surface area contributed by atoms with Gasteiger partial charge in [-0.25, -0.2) is 0 Å². The molecule has 0 spiro atoms. The minimum atomic E-state index is -0.470. The number of rotatable bonds is 0. The van der Waals surface area contributed by atoms with Crippen LogP contribution in [0.5, 0.6) is 0 Å². The van der Waals surface area contributed by atoms with Gasteiger partial charge in [0.05, 0.1) is 6.10 Å². The fourth-order valence-electron chi connectivity index (χ4n) is 2.17. The SMILES string of the molecule is O[C@H]1Cc2ccccc2C#Cc2ccccc21. The van der Waals surface area contributed by atoms with Gasteiger partial charge < -0.3 is 5.11 Å². The highest BCUT2D eigenvalue weighted by atomic mass is 16.3. The highest BCUT2D eigenvalue weighted by molar-refractivity contribution is 5.51. The molecule has 82 valence electrons. The molecule has 0 saturated carbocycles. The molecule has 2 aromatic rings. The van der Waals surface area contributed by atoms with Crippen molar-refractivity contribution in [1.82, 2.24) is 0 Å². The number of benzene rings is 2. The van der Waals surface area contributed by atoms with Crippen molar-refractivity contribution < 1.29 is 5.11 Å². The number of fused-ring (bicyclic) bond motifs is 2. The summed E-state index contributed by atoms with van der Waals surface area (Å²) in [5, 5.41) is 10.2. The molecule has 1 nitrogen and oxygen atoms in total. The van der Waals surface area contributed by atoms with Crippen molar-refractivity contribution in [1.29, 1.82) is 0 Å². The van der Waals surface area contributed by atoms with Gasteiger partial charge in [-0.1, -0.05) is 48.2 Å². The summed E-state index contributed by atoms with van der Waals surface area (Å²) in [6.45, 7) is 0. The summed E-state index contributed by atoms with van der Waals surface area (Å²) in [7, 11) is 0. The Kier molecular flexibility index (Phi) is 2.44. The van der Waals surface area contributed by atoms with E-state index in [1.807, 2.05) is 48.5 Å². The summed E-state index contributed by atoms with van der Waals surface area (Å²) in [6.07, 6.45) is 0.156. The lowest BCUT2D eigenvalue weighted by Gasteiger charge is -2.16. The van der Waals surface area contributed by atoms with Gasteiger partial charge in [0, 0.05) is 17.5 Å². The largest absolute Gasteiger partial charge is 0.388 e. The molecule has 0 bridgehead atoms. The maximum Gasteiger partial charge on any atom is 0.0842 e. The van der Waals surface area contributed by atoms with Crippen LogP contribution in [0.4, 0.5) is 0 Å². The fraction of sp³-hybridized carbons (Fsp3) is 0.125. The molecule has 1 heteroatoms. The molecule has 1 aliphatic carbocycles. The summed E-state index contributed by atoms with van der Waals surface area (Å²) in [4.78, 5) is 0.